The maximum Gasteiger partial charge on any atom is 0.252 e. The first kappa shape index (κ1) is 58.5. The van der Waals surface area contributed by atoms with Gasteiger partial charge in [-0.1, -0.05) is 322 Å². The molecule has 0 atom stereocenters. The fourth-order valence-corrected chi connectivity index (χ4v) is 22.8. The molecule has 3 heterocycles. The Kier molecular flexibility index (Phi) is 11.2. The average molecular weight is 1380 g/mol. The first-order valence-electron chi connectivity index (χ1n) is 38.4. The quantitative estimate of drug-likeness (QED) is 0.163. The van der Waals surface area contributed by atoms with Crippen LogP contribution in [0.5, 0.6) is 0 Å². The molecular formula is C105H62BN3. The van der Waals surface area contributed by atoms with Gasteiger partial charge in [0.15, 0.2) is 0 Å². The van der Waals surface area contributed by atoms with E-state index in [0.29, 0.717) is 0 Å². The lowest BCUT2D eigenvalue weighted by Gasteiger charge is -2.47. The van der Waals surface area contributed by atoms with Gasteiger partial charge in [-0.25, -0.2) is 0 Å². The molecule has 26 rings (SSSR count). The fraction of sp³-hybridized carbons (Fsp3) is 0.0286. The van der Waals surface area contributed by atoms with Crippen molar-refractivity contribution in [1.29, 1.82) is 0 Å². The first-order chi connectivity index (χ1) is 54.1. The van der Waals surface area contributed by atoms with E-state index in [1.54, 1.807) is 0 Å². The van der Waals surface area contributed by atoms with E-state index in [0.717, 1.165) is 45.2 Å². The number of hydrogen-bond donors (Lipinski definition) is 0. The van der Waals surface area contributed by atoms with E-state index in [1.807, 2.05) is 0 Å². The molecule has 17 aromatic carbocycles. The van der Waals surface area contributed by atoms with Crippen LogP contribution in [-0.2, 0) is 16.2 Å². The van der Waals surface area contributed by atoms with Gasteiger partial charge in [-0.15, -0.1) is 0 Å². The number of anilines is 6. The first-order valence-corrected chi connectivity index (χ1v) is 38.4. The van der Waals surface area contributed by atoms with Crippen LogP contribution in [0.2, 0.25) is 0 Å². The van der Waals surface area contributed by atoms with Gasteiger partial charge in [-0.3, -0.25) is 0 Å². The molecule has 3 nitrogen and oxygen atoms in total. The van der Waals surface area contributed by atoms with Crippen LogP contribution in [0.15, 0.2) is 376 Å². The molecule has 0 saturated heterocycles. The molecule has 18 aromatic rings. The largest absolute Gasteiger partial charge is 0.311 e. The van der Waals surface area contributed by atoms with Gasteiger partial charge in [0, 0.05) is 50.5 Å². The third-order valence-electron chi connectivity index (χ3n) is 26.6. The minimum atomic E-state index is -0.726. The Morgan fingerprint density at radius 1 is 0.211 bits per heavy atom. The smallest absolute Gasteiger partial charge is 0.252 e. The van der Waals surface area contributed by atoms with Gasteiger partial charge in [0.25, 0.3) is 6.71 Å². The summed E-state index contributed by atoms with van der Waals surface area (Å²) in [5.74, 6) is 0. The Labute approximate surface area is 631 Å². The topological polar surface area (TPSA) is 11.4 Å². The van der Waals surface area contributed by atoms with Gasteiger partial charge < -0.3 is 14.4 Å². The average Bonchev–Trinajstić information content (AvgIpc) is 1.52. The second kappa shape index (κ2) is 20.8. The van der Waals surface area contributed by atoms with Crippen molar-refractivity contribution in [3.05, 3.63) is 443 Å². The van der Waals surface area contributed by atoms with E-state index in [9.17, 15) is 0 Å². The molecule has 0 bridgehead atoms. The summed E-state index contributed by atoms with van der Waals surface area (Å²) in [7, 11) is 0. The van der Waals surface area contributed by atoms with Gasteiger partial charge in [0.05, 0.1) is 33.0 Å². The van der Waals surface area contributed by atoms with Crippen molar-refractivity contribution in [2.75, 3.05) is 9.80 Å². The van der Waals surface area contributed by atoms with E-state index in [4.69, 9.17) is 0 Å². The lowest BCUT2D eigenvalue weighted by Crippen LogP contribution is -2.62. The molecule has 109 heavy (non-hydrogen) atoms. The summed E-state index contributed by atoms with van der Waals surface area (Å²) in [5, 5.41) is 2.44. The molecule has 2 aliphatic heterocycles. The summed E-state index contributed by atoms with van der Waals surface area (Å²) in [4.78, 5) is 5.51. The second-order valence-corrected chi connectivity index (χ2v) is 31.1. The molecular weight excluding hydrogens is 1310 g/mol. The zero-order valence-corrected chi connectivity index (χ0v) is 59.2. The van der Waals surface area contributed by atoms with Gasteiger partial charge >= 0.3 is 0 Å². The van der Waals surface area contributed by atoms with Gasteiger partial charge in [-0.2, -0.15) is 0 Å². The maximum atomic E-state index is 2.81. The summed E-state index contributed by atoms with van der Waals surface area (Å²) >= 11 is 0. The van der Waals surface area contributed by atoms with Crippen LogP contribution in [0.1, 0.15) is 66.8 Å². The molecule has 4 heteroatoms. The Morgan fingerprint density at radius 3 is 1.00 bits per heavy atom. The zero-order chi connectivity index (χ0) is 70.7. The van der Waals surface area contributed by atoms with Crippen molar-refractivity contribution in [2.24, 2.45) is 0 Å². The van der Waals surface area contributed by atoms with E-state index < -0.39 is 16.2 Å². The van der Waals surface area contributed by atoms with Crippen LogP contribution >= 0.6 is 0 Å². The highest BCUT2D eigenvalue weighted by Gasteiger charge is 2.58. The Balaban J connectivity index is 0.838. The van der Waals surface area contributed by atoms with Crippen molar-refractivity contribution in [3.8, 4) is 83.6 Å². The Bertz CT molecular complexity index is 6930. The lowest BCUT2D eigenvalue weighted by atomic mass is 9.33. The Hall–Kier alpha value is -13.8. The molecule has 0 fully saturated rings. The van der Waals surface area contributed by atoms with E-state index in [2.05, 4.69) is 390 Å². The standard InChI is InChI=1S/C105H62BN3/c1-2-26-63(27-3-1)64-50-57-97-94(58-64)106-93-56-55-81-76-36-12-23-47-90(76)105(88-45-21-10-32-72(88)73-33-11-22-46-89(73)105)100(81)102(93)109(66-52-54-78-75-35-9-20-44-87(75)104(92(78)60-66)84-41-17-6-30-70(84)71-31-7-18-42-85(71)104)99-62-67(108-95-48-24-13-37-79(95)80-38-14-25-49-96(80)108)61-98(101(99)106)107(97)65-51-53-77-74-34-8-19-43-86(74)103(91(77)59-65)82-39-15-4-28-68(82)69-29-5-16-40-83(69)103/h1-62H. The number of nitrogens with zero attached hydrogens (tertiary/aromatic N) is 3. The molecule has 8 aliphatic rings. The molecule has 0 amide bonds. The van der Waals surface area contributed by atoms with E-state index in [-0.39, 0.29) is 6.71 Å². The molecule has 0 saturated carbocycles. The third-order valence-corrected chi connectivity index (χ3v) is 26.6. The van der Waals surface area contributed by atoms with E-state index in [1.165, 1.54) is 177 Å². The molecule has 6 aliphatic carbocycles. The molecule has 0 N–H and O–H groups in total. The van der Waals surface area contributed by atoms with Crippen LogP contribution in [-0.4, -0.2) is 11.3 Å². The number of aromatic nitrogens is 1. The second-order valence-electron chi connectivity index (χ2n) is 31.1. The highest BCUT2D eigenvalue weighted by Crippen LogP contribution is 2.69. The van der Waals surface area contributed by atoms with Crippen molar-refractivity contribution in [2.45, 2.75) is 16.2 Å². The number of benzene rings is 17. The summed E-state index contributed by atoms with van der Waals surface area (Å²) in [6, 6.07) is 146. The molecule has 500 valence electrons. The number of para-hydroxylation sites is 2. The summed E-state index contributed by atoms with van der Waals surface area (Å²) in [6.07, 6.45) is 0. The molecule has 0 unspecified atom stereocenters. The number of hydrogen-bond acceptors (Lipinski definition) is 2. The maximum absolute atomic E-state index is 2.81. The van der Waals surface area contributed by atoms with E-state index >= 15 is 0 Å². The van der Waals surface area contributed by atoms with Crippen LogP contribution in [0.25, 0.3) is 105 Å². The van der Waals surface area contributed by atoms with Crippen molar-refractivity contribution >= 4 is 79.0 Å². The SMILES string of the molecule is c1ccc(-c2ccc3c(c2)B2c4ccc5c(c4N(c4ccc6c(c4)C4(c7ccccc7-c7ccccc74)c4ccccc4-6)c4cc(-n6c7ccccc7c7ccccc76)cc(c42)N3c2ccc3c(c2)C2(c4ccccc4-c4ccccc42)c2ccccc2-3)C2(c3ccccc3-c3ccccc32)c2ccccc2-5)cc1. The van der Waals surface area contributed by atoms with Crippen LogP contribution in [0, 0.1) is 0 Å². The van der Waals surface area contributed by atoms with Gasteiger partial charge in [0.2, 0.25) is 0 Å². The normalized spacial score (nSPS) is 15.0. The third kappa shape index (κ3) is 6.96. The van der Waals surface area contributed by atoms with Crippen molar-refractivity contribution in [3.63, 3.8) is 0 Å². The molecule has 3 spiro atoms. The minimum Gasteiger partial charge on any atom is -0.311 e. The zero-order valence-electron chi connectivity index (χ0n) is 59.2. The van der Waals surface area contributed by atoms with Crippen molar-refractivity contribution in [1.82, 2.24) is 4.57 Å². The predicted octanol–water partition coefficient (Wildman–Crippen LogP) is 23.6. The number of rotatable bonds is 4. The summed E-state index contributed by atoms with van der Waals surface area (Å²) in [5.41, 5.74) is 45.7. The minimum absolute atomic E-state index is 0.270. The van der Waals surface area contributed by atoms with Crippen LogP contribution < -0.4 is 26.2 Å². The summed E-state index contributed by atoms with van der Waals surface area (Å²) in [6.45, 7) is -0.270. The molecule has 0 radical (unpaired) electrons. The van der Waals surface area contributed by atoms with Crippen LogP contribution in [0.4, 0.5) is 34.1 Å². The van der Waals surface area contributed by atoms with Crippen LogP contribution in [0.3, 0.4) is 0 Å². The fourth-order valence-electron chi connectivity index (χ4n) is 22.8. The highest BCUT2D eigenvalue weighted by atomic mass is 15.2. The van der Waals surface area contributed by atoms with Crippen molar-refractivity contribution < 1.29 is 0 Å². The lowest BCUT2D eigenvalue weighted by molar-refractivity contribution is 0.790. The predicted molar refractivity (Wildman–Crippen MR) is 449 cm³/mol. The number of fused-ring (bicyclic) bond motifs is 38. The van der Waals surface area contributed by atoms with Gasteiger partial charge in [0.1, 0.15) is 0 Å². The van der Waals surface area contributed by atoms with Gasteiger partial charge in [-0.05, 0) is 210 Å². The highest BCUT2D eigenvalue weighted by molar-refractivity contribution is 7.00. The monoisotopic (exact) mass is 1380 g/mol. The summed E-state index contributed by atoms with van der Waals surface area (Å²) < 4.78 is 2.58. The molecule has 1 aromatic heterocycles. The Morgan fingerprint density at radius 2 is 0.560 bits per heavy atom.